The van der Waals surface area contributed by atoms with Gasteiger partial charge in [0.25, 0.3) is 0 Å². The van der Waals surface area contributed by atoms with Crippen LogP contribution in [0.4, 0.5) is 0 Å². The van der Waals surface area contributed by atoms with E-state index in [1.165, 1.54) is 18.5 Å². The van der Waals surface area contributed by atoms with Crippen molar-refractivity contribution in [3.8, 4) is 0 Å². The summed E-state index contributed by atoms with van der Waals surface area (Å²) in [7, 11) is 4.41. The van der Waals surface area contributed by atoms with Gasteiger partial charge in [-0.1, -0.05) is 12.2 Å². The van der Waals surface area contributed by atoms with Crippen LogP contribution in [0.2, 0.25) is 0 Å². The van der Waals surface area contributed by atoms with Gasteiger partial charge in [0, 0.05) is 31.4 Å². The van der Waals surface area contributed by atoms with Gasteiger partial charge in [-0.3, -0.25) is 4.90 Å². The monoisotopic (exact) mass is 222 g/mol. The van der Waals surface area contributed by atoms with Crippen LogP contribution >= 0.6 is 0 Å². The first-order valence-electron chi connectivity index (χ1n) is 6.31. The molecule has 0 aromatic rings. The first kappa shape index (κ1) is 13.3. The summed E-state index contributed by atoms with van der Waals surface area (Å²) in [6.45, 7) is 7.91. The second kappa shape index (κ2) is 6.09. The number of hydrogen-bond acceptors (Lipinski definition) is 2. The summed E-state index contributed by atoms with van der Waals surface area (Å²) in [6, 6.07) is 1.21. The molecule has 0 aromatic heterocycles. The van der Waals surface area contributed by atoms with E-state index in [-0.39, 0.29) is 0 Å². The third kappa shape index (κ3) is 3.67. The molecule has 0 aliphatic heterocycles. The van der Waals surface area contributed by atoms with Crippen molar-refractivity contribution in [2.24, 2.45) is 0 Å². The van der Waals surface area contributed by atoms with Crippen LogP contribution in [0.5, 0.6) is 0 Å². The Bertz CT molecular complexity index is 266. The number of likely N-dealkylation sites (N-methyl/N-ethyl adjacent to an activating group) is 2. The summed E-state index contributed by atoms with van der Waals surface area (Å²) in [5.74, 6) is 0. The minimum Gasteiger partial charge on any atom is -0.376 e. The van der Waals surface area contributed by atoms with Gasteiger partial charge >= 0.3 is 0 Å². The van der Waals surface area contributed by atoms with E-state index in [0.29, 0.717) is 12.1 Å². The minimum absolute atomic E-state index is 0.594. The van der Waals surface area contributed by atoms with Gasteiger partial charge in [-0.25, -0.2) is 0 Å². The van der Waals surface area contributed by atoms with Gasteiger partial charge in [0.15, 0.2) is 0 Å². The number of rotatable bonds is 5. The fourth-order valence-corrected chi connectivity index (χ4v) is 2.06. The van der Waals surface area contributed by atoms with E-state index in [4.69, 9.17) is 0 Å². The summed E-state index contributed by atoms with van der Waals surface area (Å²) < 4.78 is 0. The first-order chi connectivity index (χ1) is 7.52. The van der Waals surface area contributed by atoms with E-state index in [2.05, 4.69) is 62.9 Å². The molecule has 16 heavy (non-hydrogen) atoms. The zero-order valence-corrected chi connectivity index (χ0v) is 11.4. The molecule has 0 fully saturated rings. The van der Waals surface area contributed by atoms with Crippen LogP contribution in [0, 0.1) is 0 Å². The van der Waals surface area contributed by atoms with Gasteiger partial charge in [-0.05, 0) is 46.7 Å². The highest BCUT2D eigenvalue weighted by atomic mass is 15.2. The molecule has 0 amide bonds. The maximum absolute atomic E-state index is 2.43. The molecule has 1 aliphatic rings. The lowest BCUT2D eigenvalue weighted by Gasteiger charge is -2.33. The summed E-state index contributed by atoms with van der Waals surface area (Å²) in [5, 5.41) is 0. The standard InChI is InChI=1S/C14H26N2/c1-12(2)16(5)13(3)11-15(4)14-9-7-6-8-10-14/h6-7,9,12-13H,8,10-11H2,1-5H3. The predicted octanol–water partition coefficient (Wildman–Crippen LogP) is 2.88. The maximum atomic E-state index is 2.43. The van der Waals surface area contributed by atoms with Gasteiger partial charge in [0.2, 0.25) is 0 Å². The molecule has 1 rings (SSSR count). The molecule has 2 heteroatoms. The fraction of sp³-hybridized carbons (Fsp3) is 0.714. The lowest BCUT2D eigenvalue weighted by atomic mass is 10.1. The van der Waals surface area contributed by atoms with Gasteiger partial charge in [0.1, 0.15) is 0 Å². The zero-order chi connectivity index (χ0) is 12.1. The van der Waals surface area contributed by atoms with E-state index in [1.54, 1.807) is 0 Å². The summed E-state index contributed by atoms with van der Waals surface area (Å²) in [4.78, 5) is 4.82. The van der Waals surface area contributed by atoms with Gasteiger partial charge in [0.05, 0.1) is 0 Å². The third-order valence-electron chi connectivity index (χ3n) is 3.53. The maximum Gasteiger partial charge on any atom is 0.0325 e. The normalized spacial score (nSPS) is 17.8. The molecule has 0 aromatic carbocycles. The Hall–Kier alpha value is -0.760. The van der Waals surface area contributed by atoms with Crippen LogP contribution in [0.25, 0.3) is 0 Å². The molecule has 2 nitrogen and oxygen atoms in total. The van der Waals surface area contributed by atoms with Crippen LogP contribution < -0.4 is 0 Å². The average molecular weight is 222 g/mol. The highest BCUT2D eigenvalue weighted by molar-refractivity contribution is 5.16. The van der Waals surface area contributed by atoms with Gasteiger partial charge < -0.3 is 4.90 Å². The van der Waals surface area contributed by atoms with Crippen molar-refractivity contribution in [3.05, 3.63) is 23.9 Å². The quantitative estimate of drug-likeness (QED) is 0.706. The number of allylic oxidation sites excluding steroid dienone is 4. The van der Waals surface area contributed by atoms with E-state index in [0.717, 1.165) is 6.54 Å². The summed E-state index contributed by atoms with van der Waals surface area (Å²) >= 11 is 0. The molecule has 0 bridgehead atoms. The van der Waals surface area contributed by atoms with Crippen LogP contribution in [0.1, 0.15) is 33.6 Å². The minimum atomic E-state index is 0.594. The van der Waals surface area contributed by atoms with E-state index < -0.39 is 0 Å². The zero-order valence-electron chi connectivity index (χ0n) is 11.4. The van der Waals surface area contributed by atoms with Gasteiger partial charge in [-0.15, -0.1) is 0 Å². The second-order valence-electron chi connectivity index (χ2n) is 5.11. The molecule has 0 radical (unpaired) electrons. The highest BCUT2D eigenvalue weighted by Crippen LogP contribution is 2.16. The lowest BCUT2D eigenvalue weighted by molar-refractivity contribution is 0.174. The summed E-state index contributed by atoms with van der Waals surface area (Å²) in [6.07, 6.45) is 9.02. The predicted molar refractivity (Wildman–Crippen MR) is 71.4 cm³/mol. The molecule has 0 spiro atoms. The first-order valence-corrected chi connectivity index (χ1v) is 6.31. The Morgan fingerprint density at radius 2 is 1.94 bits per heavy atom. The summed E-state index contributed by atoms with van der Waals surface area (Å²) in [5.41, 5.74) is 1.46. The molecular weight excluding hydrogens is 196 g/mol. The molecule has 1 unspecified atom stereocenters. The second-order valence-corrected chi connectivity index (χ2v) is 5.11. The average Bonchev–Trinajstić information content (AvgIpc) is 2.28. The van der Waals surface area contributed by atoms with Crippen molar-refractivity contribution < 1.29 is 0 Å². The SMILES string of the molecule is CC(C)N(C)C(C)CN(C)C1=CC=CCC1. The molecule has 1 atom stereocenters. The van der Waals surface area contributed by atoms with Crippen molar-refractivity contribution in [2.45, 2.75) is 45.7 Å². The van der Waals surface area contributed by atoms with E-state index in [1.807, 2.05) is 0 Å². The largest absolute Gasteiger partial charge is 0.376 e. The van der Waals surface area contributed by atoms with Crippen molar-refractivity contribution in [3.63, 3.8) is 0 Å². The van der Waals surface area contributed by atoms with E-state index >= 15 is 0 Å². The Labute approximate surface area is 101 Å². The van der Waals surface area contributed by atoms with E-state index in [9.17, 15) is 0 Å². The topological polar surface area (TPSA) is 6.48 Å². The van der Waals surface area contributed by atoms with Crippen LogP contribution in [0.15, 0.2) is 23.9 Å². The Morgan fingerprint density at radius 3 is 2.44 bits per heavy atom. The van der Waals surface area contributed by atoms with Crippen molar-refractivity contribution >= 4 is 0 Å². The Morgan fingerprint density at radius 1 is 1.25 bits per heavy atom. The number of hydrogen-bond donors (Lipinski definition) is 0. The smallest absolute Gasteiger partial charge is 0.0325 e. The van der Waals surface area contributed by atoms with Crippen molar-refractivity contribution in [2.75, 3.05) is 20.6 Å². The van der Waals surface area contributed by atoms with Crippen molar-refractivity contribution in [1.29, 1.82) is 0 Å². The molecule has 0 saturated carbocycles. The molecule has 0 saturated heterocycles. The highest BCUT2D eigenvalue weighted by Gasteiger charge is 2.15. The number of nitrogens with zero attached hydrogens (tertiary/aromatic N) is 2. The molecular formula is C14H26N2. The van der Waals surface area contributed by atoms with Crippen LogP contribution in [0.3, 0.4) is 0 Å². The molecule has 92 valence electrons. The molecule has 0 heterocycles. The van der Waals surface area contributed by atoms with Crippen molar-refractivity contribution in [1.82, 2.24) is 9.80 Å². The Balaban J connectivity index is 2.47. The van der Waals surface area contributed by atoms with Gasteiger partial charge in [-0.2, -0.15) is 0 Å². The van der Waals surface area contributed by atoms with Crippen LogP contribution in [-0.2, 0) is 0 Å². The molecule has 1 aliphatic carbocycles. The third-order valence-corrected chi connectivity index (χ3v) is 3.53. The lowest BCUT2D eigenvalue weighted by Crippen LogP contribution is -2.42. The Kier molecular flexibility index (Phi) is 5.07. The van der Waals surface area contributed by atoms with Crippen LogP contribution in [-0.4, -0.2) is 42.5 Å². The molecule has 0 N–H and O–H groups in total. The fourth-order valence-electron chi connectivity index (χ4n) is 2.06.